The van der Waals surface area contributed by atoms with Gasteiger partial charge in [0.2, 0.25) is 5.82 Å². The zero-order valence-corrected chi connectivity index (χ0v) is 12.3. The van der Waals surface area contributed by atoms with Crippen molar-refractivity contribution in [2.45, 2.75) is 13.8 Å². The van der Waals surface area contributed by atoms with E-state index in [2.05, 4.69) is 51.3 Å². The molecule has 1 fully saturated rings. The second-order valence-electron chi connectivity index (χ2n) is 5.36. The van der Waals surface area contributed by atoms with Crippen LogP contribution < -0.4 is 4.90 Å². The minimum Gasteiger partial charge on any atom is -0.368 e. The van der Waals surface area contributed by atoms with Crippen LogP contribution in [-0.4, -0.2) is 52.2 Å². The molecule has 1 saturated heterocycles. The SMILES string of the molecule is Cc1cccc(N2CCN(C(=O)c3n[nH]c(C)n3)CC2)c1. The van der Waals surface area contributed by atoms with Crippen LogP contribution in [0.5, 0.6) is 0 Å². The summed E-state index contributed by atoms with van der Waals surface area (Å²) in [6.45, 7) is 6.94. The van der Waals surface area contributed by atoms with E-state index < -0.39 is 0 Å². The summed E-state index contributed by atoms with van der Waals surface area (Å²) in [6.07, 6.45) is 0. The van der Waals surface area contributed by atoms with Gasteiger partial charge in [-0.05, 0) is 31.5 Å². The van der Waals surface area contributed by atoms with Gasteiger partial charge in [-0.1, -0.05) is 12.1 Å². The molecule has 1 aromatic carbocycles. The van der Waals surface area contributed by atoms with E-state index in [9.17, 15) is 4.79 Å². The van der Waals surface area contributed by atoms with Crippen molar-refractivity contribution in [1.82, 2.24) is 20.1 Å². The third-order valence-corrected chi connectivity index (χ3v) is 3.72. The number of aryl methyl sites for hydroxylation is 2. The predicted octanol–water partition coefficient (Wildman–Crippen LogP) is 1.38. The van der Waals surface area contributed by atoms with Crippen LogP contribution in [0.2, 0.25) is 0 Å². The summed E-state index contributed by atoms with van der Waals surface area (Å²) < 4.78 is 0. The van der Waals surface area contributed by atoms with Crippen molar-refractivity contribution in [2.24, 2.45) is 0 Å². The molecule has 110 valence electrons. The topological polar surface area (TPSA) is 65.1 Å². The molecule has 0 unspecified atom stereocenters. The molecule has 0 radical (unpaired) electrons. The fourth-order valence-electron chi connectivity index (χ4n) is 2.57. The Morgan fingerprint density at radius 2 is 1.95 bits per heavy atom. The Balaban J connectivity index is 1.64. The summed E-state index contributed by atoms with van der Waals surface area (Å²) in [4.78, 5) is 20.5. The molecule has 6 nitrogen and oxygen atoms in total. The van der Waals surface area contributed by atoms with E-state index >= 15 is 0 Å². The third kappa shape index (κ3) is 2.89. The maximum Gasteiger partial charge on any atom is 0.293 e. The molecule has 1 aromatic heterocycles. The molecule has 1 aliphatic heterocycles. The molecule has 6 heteroatoms. The minimum absolute atomic E-state index is 0.0942. The first-order valence-corrected chi connectivity index (χ1v) is 7.13. The monoisotopic (exact) mass is 285 g/mol. The fraction of sp³-hybridized carbons (Fsp3) is 0.400. The van der Waals surface area contributed by atoms with Crippen molar-refractivity contribution < 1.29 is 4.79 Å². The lowest BCUT2D eigenvalue weighted by atomic mass is 10.2. The average Bonchev–Trinajstić information content (AvgIpc) is 2.93. The Morgan fingerprint density at radius 3 is 2.57 bits per heavy atom. The Hall–Kier alpha value is -2.37. The number of H-pyrrole nitrogens is 1. The van der Waals surface area contributed by atoms with Crippen LogP contribution in [0, 0.1) is 13.8 Å². The summed E-state index contributed by atoms with van der Waals surface area (Å²) in [5.41, 5.74) is 2.47. The minimum atomic E-state index is -0.0942. The van der Waals surface area contributed by atoms with E-state index in [1.54, 1.807) is 6.92 Å². The highest BCUT2D eigenvalue weighted by Gasteiger charge is 2.24. The average molecular weight is 285 g/mol. The van der Waals surface area contributed by atoms with Crippen LogP contribution in [0.15, 0.2) is 24.3 Å². The molecule has 21 heavy (non-hydrogen) atoms. The van der Waals surface area contributed by atoms with Crippen molar-refractivity contribution in [3.05, 3.63) is 41.5 Å². The molecule has 2 aromatic rings. The van der Waals surface area contributed by atoms with Gasteiger partial charge in [0, 0.05) is 31.9 Å². The number of nitrogens with zero attached hydrogens (tertiary/aromatic N) is 4. The number of nitrogens with one attached hydrogen (secondary N) is 1. The van der Waals surface area contributed by atoms with Crippen LogP contribution in [0.25, 0.3) is 0 Å². The first-order valence-electron chi connectivity index (χ1n) is 7.13. The molecule has 0 aliphatic carbocycles. The quantitative estimate of drug-likeness (QED) is 0.905. The summed E-state index contributed by atoms with van der Waals surface area (Å²) in [5, 5.41) is 6.65. The van der Waals surface area contributed by atoms with Gasteiger partial charge in [-0.25, -0.2) is 4.98 Å². The highest BCUT2D eigenvalue weighted by Crippen LogP contribution is 2.18. The van der Waals surface area contributed by atoms with Gasteiger partial charge in [0.15, 0.2) is 0 Å². The standard InChI is InChI=1S/C15H19N5O/c1-11-4-3-5-13(10-11)19-6-8-20(9-7-19)15(21)14-16-12(2)17-18-14/h3-5,10H,6-9H2,1-2H3,(H,16,17,18). The largest absolute Gasteiger partial charge is 0.368 e. The number of rotatable bonds is 2. The normalized spacial score (nSPS) is 15.3. The highest BCUT2D eigenvalue weighted by atomic mass is 16.2. The van der Waals surface area contributed by atoms with E-state index in [1.807, 2.05) is 4.90 Å². The van der Waals surface area contributed by atoms with Crippen molar-refractivity contribution in [3.63, 3.8) is 0 Å². The summed E-state index contributed by atoms with van der Waals surface area (Å²) in [6, 6.07) is 8.45. The molecule has 3 rings (SSSR count). The number of benzene rings is 1. The number of aromatic amines is 1. The molecule has 2 heterocycles. The van der Waals surface area contributed by atoms with Crippen LogP contribution >= 0.6 is 0 Å². The first-order chi connectivity index (χ1) is 10.1. The van der Waals surface area contributed by atoms with Crippen LogP contribution in [-0.2, 0) is 0 Å². The van der Waals surface area contributed by atoms with Crippen LogP contribution in [0.1, 0.15) is 22.0 Å². The van der Waals surface area contributed by atoms with E-state index in [4.69, 9.17) is 0 Å². The maximum absolute atomic E-state index is 12.3. The molecule has 1 aliphatic rings. The van der Waals surface area contributed by atoms with Gasteiger partial charge in [0.1, 0.15) is 5.82 Å². The van der Waals surface area contributed by atoms with Gasteiger partial charge in [-0.15, -0.1) is 5.10 Å². The molecule has 0 bridgehead atoms. The lowest BCUT2D eigenvalue weighted by molar-refractivity contribution is 0.0735. The molecule has 0 atom stereocenters. The Labute approximate surface area is 123 Å². The first kappa shape index (κ1) is 13.6. The van der Waals surface area contributed by atoms with Crippen molar-refractivity contribution >= 4 is 11.6 Å². The molecule has 0 saturated carbocycles. The van der Waals surface area contributed by atoms with E-state index in [1.165, 1.54) is 11.3 Å². The molecule has 0 spiro atoms. The van der Waals surface area contributed by atoms with Crippen molar-refractivity contribution in [2.75, 3.05) is 31.1 Å². The number of piperazine rings is 1. The number of anilines is 1. The van der Waals surface area contributed by atoms with Crippen LogP contribution in [0.3, 0.4) is 0 Å². The van der Waals surface area contributed by atoms with Crippen molar-refractivity contribution in [3.8, 4) is 0 Å². The number of hydrogen-bond acceptors (Lipinski definition) is 4. The number of carbonyl (C=O) groups is 1. The lowest BCUT2D eigenvalue weighted by Gasteiger charge is -2.35. The zero-order valence-electron chi connectivity index (χ0n) is 12.3. The van der Waals surface area contributed by atoms with Gasteiger partial charge in [-0.3, -0.25) is 9.89 Å². The third-order valence-electron chi connectivity index (χ3n) is 3.72. The van der Waals surface area contributed by atoms with Gasteiger partial charge in [-0.2, -0.15) is 0 Å². The van der Waals surface area contributed by atoms with Gasteiger partial charge in [0.05, 0.1) is 0 Å². The smallest absolute Gasteiger partial charge is 0.293 e. The molecular formula is C15H19N5O. The van der Waals surface area contributed by atoms with Gasteiger partial charge in [0.25, 0.3) is 5.91 Å². The number of carbonyl (C=O) groups excluding carboxylic acids is 1. The van der Waals surface area contributed by atoms with E-state index in [0.717, 1.165) is 13.1 Å². The van der Waals surface area contributed by atoms with Crippen LogP contribution in [0.4, 0.5) is 5.69 Å². The fourth-order valence-corrected chi connectivity index (χ4v) is 2.57. The molecule has 1 amide bonds. The zero-order chi connectivity index (χ0) is 14.8. The summed E-state index contributed by atoms with van der Waals surface area (Å²) in [7, 11) is 0. The maximum atomic E-state index is 12.3. The van der Waals surface area contributed by atoms with Gasteiger partial charge >= 0.3 is 0 Å². The van der Waals surface area contributed by atoms with E-state index in [-0.39, 0.29) is 11.7 Å². The van der Waals surface area contributed by atoms with Gasteiger partial charge < -0.3 is 9.80 Å². The Bertz CT molecular complexity index is 643. The lowest BCUT2D eigenvalue weighted by Crippen LogP contribution is -2.49. The summed E-state index contributed by atoms with van der Waals surface area (Å²) >= 11 is 0. The summed E-state index contributed by atoms with van der Waals surface area (Å²) in [5.74, 6) is 0.830. The van der Waals surface area contributed by atoms with Crippen molar-refractivity contribution in [1.29, 1.82) is 0 Å². The molecule has 1 N–H and O–H groups in total. The number of amides is 1. The molecular weight excluding hydrogens is 266 g/mol. The second-order valence-corrected chi connectivity index (χ2v) is 5.36. The predicted molar refractivity (Wildman–Crippen MR) is 80.4 cm³/mol. The second kappa shape index (κ2) is 5.55. The highest BCUT2D eigenvalue weighted by molar-refractivity contribution is 5.90. The number of aromatic nitrogens is 3. The Kier molecular flexibility index (Phi) is 3.60. The number of hydrogen-bond donors (Lipinski definition) is 1. The van der Waals surface area contributed by atoms with E-state index in [0.29, 0.717) is 18.9 Å². The Morgan fingerprint density at radius 1 is 1.19 bits per heavy atom.